The minimum atomic E-state index is -0.222. The summed E-state index contributed by atoms with van der Waals surface area (Å²) in [5.41, 5.74) is 4.02. The molecular weight excluding hydrogens is 352 g/mol. The van der Waals surface area contributed by atoms with Crippen LogP contribution in [0.5, 0.6) is 5.75 Å². The summed E-state index contributed by atoms with van der Waals surface area (Å²) in [6.07, 6.45) is 0.884. The van der Waals surface area contributed by atoms with E-state index in [4.69, 9.17) is 4.74 Å². The molecule has 0 radical (unpaired) electrons. The zero-order chi connectivity index (χ0) is 20.1. The van der Waals surface area contributed by atoms with Crippen LogP contribution in [0.4, 0.5) is 10.5 Å². The van der Waals surface area contributed by atoms with Crippen molar-refractivity contribution in [1.29, 1.82) is 5.26 Å². The van der Waals surface area contributed by atoms with Crippen LogP contribution >= 0.6 is 0 Å². The number of urea groups is 1. The van der Waals surface area contributed by atoms with Crippen molar-refractivity contribution >= 4 is 22.6 Å². The van der Waals surface area contributed by atoms with Crippen LogP contribution in [0.3, 0.4) is 0 Å². The number of nitrogens with one attached hydrogen (secondary N) is 2. The molecule has 0 unspecified atom stereocenters. The highest BCUT2D eigenvalue weighted by molar-refractivity contribution is 5.95. The lowest BCUT2D eigenvalue weighted by Gasteiger charge is -2.09. The molecule has 3 aromatic rings. The first-order chi connectivity index (χ1) is 13.6. The van der Waals surface area contributed by atoms with Crippen LogP contribution in [0.25, 0.3) is 22.2 Å². The highest BCUT2D eigenvalue weighted by Gasteiger charge is 2.17. The molecule has 0 aliphatic heterocycles. The van der Waals surface area contributed by atoms with Gasteiger partial charge < -0.3 is 19.9 Å². The molecule has 0 saturated heterocycles. The van der Waals surface area contributed by atoms with Gasteiger partial charge in [0.1, 0.15) is 11.8 Å². The van der Waals surface area contributed by atoms with E-state index < -0.39 is 0 Å². The molecule has 0 aliphatic carbocycles. The molecule has 0 fully saturated rings. The monoisotopic (exact) mass is 376 g/mol. The van der Waals surface area contributed by atoms with E-state index in [1.165, 1.54) is 0 Å². The number of benzene rings is 2. The van der Waals surface area contributed by atoms with Crippen LogP contribution in [0, 0.1) is 11.3 Å². The Morgan fingerprint density at radius 3 is 2.57 bits per heavy atom. The molecule has 2 amide bonds. The van der Waals surface area contributed by atoms with Crippen molar-refractivity contribution in [3.8, 4) is 23.1 Å². The molecule has 3 rings (SSSR count). The standard InChI is InChI=1S/C22H24N4O2/c1-4-12-24-22(27)25-16-8-6-15(7-9-16)21-19(14-23)18-11-10-17(28-5-2)13-20(18)26(21)3/h6-11,13H,4-5,12H2,1-3H3,(H2,24,25,27). The van der Waals surface area contributed by atoms with Crippen LogP contribution in [0.2, 0.25) is 0 Å². The largest absolute Gasteiger partial charge is 0.494 e. The number of rotatable bonds is 6. The summed E-state index contributed by atoms with van der Waals surface area (Å²) in [7, 11) is 1.94. The number of hydrogen-bond donors (Lipinski definition) is 2. The molecule has 1 aromatic heterocycles. The molecule has 0 saturated carbocycles. The predicted molar refractivity (Wildman–Crippen MR) is 112 cm³/mol. The SMILES string of the molecule is CCCNC(=O)Nc1ccc(-c2c(C#N)c3ccc(OCC)cc3n2C)cc1. The Kier molecular flexibility index (Phi) is 5.85. The molecule has 2 aromatic carbocycles. The first-order valence-electron chi connectivity index (χ1n) is 9.39. The molecule has 28 heavy (non-hydrogen) atoms. The Bertz CT molecular complexity index is 1030. The quantitative estimate of drug-likeness (QED) is 0.657. The predicted octanol–water partition coefficient (Wildman–Crippen LogP) is 4.65. The topological polar surface area (TPSA) is 79.1 Å². The van der Waals surface area contributed by atoms with Gasteiger partial charge in [-0.2, -0.15) is 5.26 Å². The van der Waals surface area contributed by atoms with Crippen LogP contribution in [-0.2, 0) is 7.05 Å². The first kappa shape index (κ1) is 19.3. The van der Waals surface area contributed by atoms with Gasteiger partial charge in [0.2, 0.25) is 0 Å². The van der Waals surface area contributed by atoms with E-state index in [1.54, 1.807) is 0 Å². The van der Waals surface area contributed by atoms with Gasteiger partial charge >= 0.3 is 6.03 Å². The number of nitriles is 1. The first-order valence-corrected chi connectivity index (χ1v) is 9.39. The lowest BCUT2D eigenvalue weighted by molar-refractivity contribution is 0.252. The maximum Gasteiger partial charge on any atom is 0.319 e. The van der Waals surface area contributed by atoms with Gasteiger partial charge in [-0.25, -0.2) is 4.79 Å². The third-order valence-electron chi connectivity index (χ3n) is 4.55. The third-order valence-corrected chi connectivity index (χ3v) is 4.55. The Labute approximate surface area is 164 Å². The Balaban J connectivity index is 1.95. The maximum absolute atomic E-state index is 11.8. The second-order valence-corrected chi connectivity index (χ2v) is 6.46. The van der Waals surface area contributed by atoms with Crippen LogP contribution in [-0.4, -0.2) is 23.7 Å². The number of nitrogens with zero attached hydrogens (tertiary/aromatic N) is 2. The fourth-order valence-electron chi connectivity index (χ4n) is 3.25. The van der Waals surface area contributed by atoms with E-state index in [-0.39, 0.29) is 6.03 Å². The van der Waals surface area contributed by atoms with Gasteiger partial charge in [0.25, 0.3) is 0 Å². The molecule has 0 aliphatic rings. The molecule has 6 nitrogen and oxygen atoms in total. The number of carbonyl (C=O) groups excluding carboxylic acids is 1. The van der Waals surface area contributed by atoms with E-state index in [0.29, 0.717) is 24.4 Å². The van der Waals surface area contributed by atoms with E-state index in [2.05, 4.69) is 16.7 Å². The molecule has 0 spiro atoms. The summed E-state index contributed by atoms with van der Waals surface area (Å²) in [5, 5.41) is 16.2. The Morgan fingerprint density at radius 2 is 1.93 bits per heavy atom. The number of hydrogen-bond acceptors (Lipinski definition) is 3. The normalized spacial score (nSPS) is 10.5. The zero-order valence-electron chi connectivity index (χ0n) is 16.4. The summed E-state index contributed by atoms with van der Waals surface area (Å²) >= 11 is 0. The summed E-state index contributed by atoms with van der Waals surface area (Å²) in [6.45, 7) is 5.17. The molecule has 1 heterocycles. The van der Waals surface area contributed by atoms with Gasteiger partial charge in [0, 0.05) is 30.7 Å². The third kappa shape index (κ3) is 3.79. The molecule has 6 heteroatoms. The average Bonchev–Trinajstić information content (AvgIpc) is 2.99. The fraction of sp³-hybridized carbons (Fsp3) is 0.273. The second-order valence-electron chi connectivity index (χ2n) is 6.46. The highest BCUT2D eigenvalue weighted by atomic mass is 16.5. The van der Waals surface area contributed by atoms with Crippen LogP contribution in [0.1, 0.15) is 25.8 Å². The Hall–Kier alpha value is -3.46. The van der Waals surface area contributed by atoms with Crippen molar-refractivity contribution in [3.63, 3.8) is 0 Å². The minimum absolute atomic E-state index is 0.222. The van der Waals surface area contributed by atoms with Crippen molar-refractivity contribution in [2.45, 2.75) is 20.3 Å². The van der Waals surface area contributed by atoms with Gasteiger partial charge in [0.05, 0.1) is 23.4 Å². The number of aromatic nitrogens is 1. The number of ether oxygens (including phenoxy) is 1. The number of aryl methyl sites for hydroxylation is 1. The number of anilines is 1. The van der Waals surface area contributed by atoms with Crippen molar-refractivity contribution in [2.24, 2.45) is 7.05 Å². The summed E-state index contributed by atoms with van der Waals surface area (Å²) < 4.78 is 7.60. The smallest absolute Gasteiger partial charge is 0.319 e. The average molecular weight is 376 g/mol. The van der Waals surface area contributed by atoms with Crippen molar-refractivity contribution in [1.82, 2.24) is 9.88 Å². The molecule has 0 atom stereocenters. The lowest BCUT2D eigenvalue weighted by Crippen LogP contribution is -2.29. The lowest BCUT2D eigenvalue weighted by atomic mass is 10.1. The van der Waals surface area contributed by atoms with Crippen molar-refractivity contribution in [2.75, 3.05) is 18.5 Å². The molecule has 2 N–H and O–H groups in total. The number of amides is 2. The highest BCUT2D eigenvalue weighted by Crippen LogP contribution is 2.34. The summed E-state index contributed by atoms with van der Waals surface area (Å²) in [4.78, 5) is 11.8. The van der Waals surface area contributed by atoms with Crippen LogP contribution in [0.15, 0.2) is 42.5 Å². The van der Waals surface area contributed by atoms with Crippen molar-refractivity contribution in [3.05, 3.63) is 48.0 Å². The Morgan fingerprint density at radius 1 is 1.18 bits per heavy atom. The van der Waals surface area contributed by atoms with Gasteiger partial charge in [-0.15, -0.1) is 0 Å². The van der Waals surface area contributed by atoms with E-state index in [0.717, 1.165) is 34.3 Å². The number of carbonyl (C=O) groups is 1. The summed E-state index contributed by atoms with van der Waals surface area (Å²) in [6, 6.07) is 15.4. The van der Waals surface area contributed by atoms with E-state index >= 15 is 0 Å². The zero-order valence-corrected chi connectivity index (χ0v) is 16.4. The van der Waals surface area contributed by atoms with E-state index in [9.17, 15) is 10.1 Å². The molecule has 0 bridgehead atoms. The molecule has 144 valence electrons. The maximum atomic E-state index is 11.8. The molecular formula is C22H24N4O2. The van der Waals surface area contributed by atoms with E-state index in [1.807, 2.05) is 67.9 Å². The number of fused-ring (bicyclic) bond motifs is 1. The van der Waals surface area contributed by atoms with Crippen molar-refractivity contribution < 1.29 is 9.53 Å². The van der Waals surface area contributed by atoms with Gasteiger partial charge in [-0.05, 0) is 43.2 Å². The van der Waals surface area contributed by atoms with Gasteiger partial charge in [0.15, 0.2) is 0 Å². The second kappa shape index (κ2) is 8.49. The van der Waals surface area contributed by atoms with Gasteiger partial charge in [-0.3, -0.25) is 0 Å². The van der Waals surface area contributed by atoms with Crippen LogP contribution < -0.4 is 15.4 Å². The minimum Gasteiger partial charge on any atom is -0.494 e. The van der Waals surface area contributed by atoms with Gasteiger partial charge in [-0.1, -0.05) is 19.1 Å². The summed E-state index contributed by atoms with van der Waals surface area (Å²) in [5.74, 6) is 0.782. The fourth-order valence-corrected chi connectivity index (χ4v) is 3.25.